The van der Waals surface area contributed by atoms with Crippen molar-refractivity contribution in [2.24, 2.45) is 5.14 Å². The summed E-state index contributed by atoms with van der Waals surface area (Å²) in [6.45, 7) is -0.286. The topological polar surface area (TPSA) is 148 Å². The number of amides is 1. The zero-order chi connectivity index (χ0) is 21.9. The summed E-state index contributed by atoms with van der Waals surface area (Å²) in [7, 11) is -7.72. The van der Waals surface area contributed by atoms with E-state index in [9.17, 15) is 21.6 Å². The van der Waals surface area contributed by atoms with E-state index < -0.39 is 31.2 Å². The van der Waals surface area contributed by atoms with Crippen LogP contribution in [0, 0.1) is 0 Å². The van der Waals surface area contributed by atoms with Crippen molar-refractivity contribution in [3.63, 3.8) is 0 Å². The van der Waals surface area contributed by atoms with E-state index in [0.717, 1.165) is 33.4 Å². The number of thiazole rings is 1. The summed E-state index contributed by atoms with van der Waals surface area (Å²) in [5.41, 5.74) is 2.55. The van der Waals surface area contributed by atoms with Gasteiger partial charge < -0.3 is 5.32 Å². The van der Waals surface area contributed by atoms with E-state index in [1.165, 1.54) is 0 Å². The molecule has 9 nitrogen and oxygen atoms in total. The molecular weight excluding hydrogens is 448 g/mol. The fourth-order valence-corrected chi connectivity index (χ4v) is 5.76. The summed E-state index contributed by atoms with van der Waals surface area (Å²) in [5.74, 6) is -0.781. The highest BCUT2D eigenvalue weighted by molar-refractivity contribution is 7.91. The van der Waals surface area contributed by atoms with Gasteiger partial charge in [0.15, 0.2) is 15.1 Å². The van der Waals surface area contributed by atoms with E-state index in [2.05, 4.69) is 10.3 Å². The third kappa shape index (κ3) is 5.61. The minimum Gasteiger partial charge on any atom is -0.353 e. The van der Waals surface area contributed by atoms with Gasteiger partial charge in [-0.1, -0.05) is 36.4 Å². The molecule has 1 atom stereocenters. The second kappa shape index (κ2) is 8.78. The van der Waals surface area contributed by atoms with Crippen LogP contribution in [0.5, 0.6) is 0 Å². The molecule has 12 heteroatoms. The minimum absolute atomic E-state index is 0.121. The van der Waals surface area contributed by atoms with Crippen molar-refractivity contribution >= 4 is 47.5 Å². The summed E-state index contributed by atoms with van der Waals surface area (Å²) in [6.07, 6.45) is 0.960. The Hall–Kier alpha value is -2.38. The fourth-order valence-electron chi connectivity index (χ4n) is 2.83. The molecule has 160 valence electrons. The lowest BCUT2D eigenvalue weighted by molar-refractivity contribution is -0.120. The van der Waals surface area contributed by atoms with Crippen molar-refractivity contribution in [3.05, 3.63) is 53.5 Å². The number of carbonyl (C=O) groups is 1. The number of nitrogens with one attached hydrogen (secondary N) is 2. The van der Waals surface area contributed by atoms with Gasteiger partial charge in [-0.05, 0) is 23.3 Å². The Morgan fingerprint density at radius 1 is 1.07 bits per heavy atom. The average Bonchev–Trinajstić information content (AvgIpc) is 3.06. The van der Waals surface area contributed by atoms with Gasteiger partial charge >= 0.3 is 0 Å². The Kier molecular flexibility index (Phi) is 6.53. The molecule has 1 heterocycles. The van der Waals surface area contributed by atoms with Gasteiger partial charge in [0, 0.05) is 19.3 Å². The van der Waals surface area contributed by atoms with Crippen molar-refractivity contribution in [2.75, 3.05) is 19.3 Å². The lowest BCUT2D eigenvalue weighted by Crippen LogP contribution is -2.40. The van der Waals surface area contributed by atoms with E-state index in [1.54, 1.807) is 6.07 Å². The van der Waals surface area contributed by atoms with E-state index in [0.29, 0.717) is 5.52 Å². The van der Waals surface area contributed by atoms with Crippen LogP contribution in [0.15, 0.2) is 48.5 Å². The molecule has 3 rings (SSSR count). The number of nitrogens with zero attached hydrogens (tertiary/aromatic N) is 1. The minimum atomic E-state index is -3.90. The number of rotatable bonds is 8. The van der Waals surface area contributed by atoms with Crippen LogP contribution in [0.3, 0.4) is 0 Å². The molecular formula is C18H20N4O5S3. The number of benzene rings is 2. The second-order valence-corrected chi connectivity index (χ2v) is 11.1. The van der Waals surface area contributed by atoms with Crippen LogP contribution in [0.2, 0.25) is 0 Å². The number of nitrogens with two attached hydrogens (primary N) is 1. The number of hydrogen-bond donors (Lipinski definition) is 3. The Morgan fingerprint density at radius 3 is 2.40 bits per heavy atom. The highest BCUT2D eigenvalue weighted by Crippen LogP contribution is 2.33. The molecule has 0 bridgehead atoms. The summed E-state index contributed by atoms with van der Waals surface area (Å²) in [4.78, 5) is 16.9. The van der Waals surface area contributed by atoms with Crippen molar-refractivity contribution in [3.8, 4) is 11.1 Å². The second-order valence-electron chi connectivity index (χ2n) is 6.54. The summed E-state index contributed by atoms with van der Waals surface area (Å²) in [5, 5.41) is 5.87. The van der Waals surface area contributed by atoms with Crippen molar-refractivity contribution in [1.29, 1.82) is 0 Å². The Balaban J connectivity index is 1.86. The quantitative estimate of drug-likeness (QED) is 0.419. The maximum absolute atomic E-state index is 12.5. The van der Waals surface area contributed by atoms with Crippen LogP contribution in [0.25, 0.3) is 21.3 Å². The molecule has 1 amide bonds. The summed E-state index contributed by atoms with van der Waals surface area (Å²) < 4.78 is 49.1. The molecule has 0 spiro atoms. The molecule has 0 aliphatic rings. The highest BCUT2D eigenvalue weighted by Gasteiger charge is 2.33. The number of aromatic nitrogens is 1. The molecule has 4 N–H and O–H groups in total. The monoisotopic (exact) mass is 468 g/mol. The number of fused-ring (bicyclic) bond motifs is 1. The molecule has 2 aromatic carbocycles. The van der Waals surface area contributed by atoms with Crippen molar-refractivity contribution in [2.45, 2.75) is 5.25 Å². The van der Waals surface area contributed by atoms with Gasteiger partial charge in [-0.3, -0.25) is 4.79 Å². The zero-order valence-electron chi connectivity index (χ0n) is 15.9. The maximum Gasteiger partial charge on any atom is 0.274 e. The van der Waals surface area contributed by atoms with E-state index in [1.807, 2.05) is 47.2 Å². The van der Waals surface area contributed by atoms with Gasteiger partial charge in [-0.15, -0.1) is 11.3 Å². The van der Waals surface area contributed by atoms with Gasteiger partial charge in [0.1, 0.15) is 5.01 Å². The molecule has 0 saturated carbocycles. The lowest BCUT2D eigenvalue weighted by Gasteiger charge is -2.12. The van der Waals surface area contributed by atoms with Crippen molar-refractivity contribution in [1.82, 2.24) is 15.0 Å². The summed E-state index contributed by atoms with van der Waals surface area (Å²) >= 11 is 1.13. The first-order valence-corrected chi connectivity index (χ1v) is 13.1. The highest BCUT2D eigenvalue weighted by atomic mass is 32.2. The fraction of sp³-hybridized carbons (Fsp3) is 0.222. The number of carbonyl (C=O) groups excluding carboxylic acids is 1. The van der Waals surface area contributed by atoms with Gasteiger partial charge in [0.05, 0.1) is 10.2 Å². The summed E-state index contributed by atoms with van der Waals surface area (Å²) in [6, 6.07) is 15.3. The molecule has 3 aromatic rings. The lowest BCUT2D eigenvalue weighted by atomic mass is 10.1. The van der Waals surface area contributed by atoms with E-state index in [4.69, 9.17) is 5.14 Å². The van der Waals surface area contributed by atoms with Crippen LogP contribution < -0.4 is 15.2 Å². The Morgan fingerprint density at radius 2 is 1.77 bits per heavy atom. The zero-order valence-corrected chi connectivity index (χ0v) is 18.4. The smallest absolute Gasteiger partial charge is 0.274 e. The first kappa shape index (κ1) is 22.3. The molecule has 0 fully saturated rings. The largest absolute Gasteiger partial charge is 0.353 e. The first-order valence-electron chi connectivity index (χ1n) is 8.74. The van der Waals surface area contributed by atoms with Gasteiger partial charge in [0.2, 0.25) is 5.91 Å². The van der Waals surface area contributed by atoms with Crippen LogP contribution >= 0.6 is 11.3 Å². The molecule has 30 heavy (non-hydrogen) atoms. The Bertz CT molecular complexity index is 1270. The van der Waals surface area contributed by atoms with E-state index in [-0.39, 0.29) is 18.1 Å². The predicted molar refractivity (Wildman–Crippen MR) is 117 cm³/mol. The molecule has 0 aliphatic heterocycles. The number of sulfone groups is 1. The molecule has 0 radical (unpaired) electrons. The predicted octanol–water partition coefficient (Wildman–Crippen LogP) is 0.958. The first-order chi connectivity index (χ1) is 14.0. The van der Waals surface area contributed by atoms with Crippen LogP contribution in [0.1, 0.15) is 10.3 Å². The van der Waals surface area contributed by atoms with Gasteiger partial charge in [0.25, 0.3) is 10.2 Å². The standard InChI is InChI=1S/C18H20N4O5S3/c1-29(24,25)16(17(23)20-9-10-21-30(19,26)27)18-22-14-8-7-13(11-15(14)28-18)12-5-3-2-4-6-12/h2-8,11,16,21H,9-10H2,1H3,(H,20,23)(H2,19,26,27). The van der Waals surface area contributed by atoms with Gasteiger partial charge in [-0.25, -0.2) is 23.3 Å². The number of hydrogen-bond acceptors (Lipinski definition) is 7. The Labute approximate surface area is 178 Å². The molecule has 0 aliphatic carbocycles. The van der Waals surface area contributed by atoms with Crippen molar-refractivity contribution < 1.29 is 21.6 Å². The van der Waals surface area contributed by atoms with Crippen LogP contribution in [0.4, 0.5) is 0 Å². The third-order valence-electron chi connectivity index (χ3n) is 4.13. The molecule has 0 saturated heterocycles. The van der Waals surface area contributed by atoms with Crippen LogP contribution in [-0.2, 0) is 24.8 Å². The SMILES string of the molecule is CS(=O)(=O)C(C(=O)NCCNS(N)(=O)=O)c1nc2ccc(-c3ccccc3)cc2s1. The molecule has 1 aromatic heterocycles. The van der Waals surface area contributed by atoms with Crippen LogP contribution in [-0.4, -0.2) is 47.1 Å². The average molecular weight is 469 g/mol. The maximum atomic E-state index is 12.5. The van der Waals surface area contributed by atoms with E-state index >= 15 is 0 Å². The van der Waals surface area contributed by atoms with Gasteiger partial charge in [-0.2, -0.15) is 8.42 Å². The normalized spacial score (nSPS) is 13.3. The third-order valence-corrected chi connectivity index (χ3v) is 7.26. The molecule has 1 unspecified atom stereocenters.